The van der Waals surface area contributed by atoms with Crippen LogP contribution in [-0.2, 0) is 6.54 Å². The van der Waals surface area contributed by atoms with Crippen molar-refractivity contribution in [1.82, 2.24) is 25.4 Å². The van der Waals surface area contributed by atoms with Gasteiger partial charge in [0.1, 0.15) is 17.0 Å². The summed E-state index contributed by atoms with van der Waals surface area (Å²) in [4.78, 5) is 31.0. The third kappa shape index (κ3) is 4.19. The molecule has 0 bridgehead atoms. The number of hydrogen-bond donors (Lipinski definition) is 2. The van der Waals surface area contributed by atoms with Crippen LogP contribution in [-0.4, -0.2) is 52.1 Å². The number of carbonyl (C=O) groups excluding carboxylic acids is 2. The van der Waals surface area contributed by atoms with Crippen molar-refractivity contribution in [3.8, 4) is 5.88 Å². The first-order valence-electron chi connectivity index (χ1n) is 9.80. The Labute approximate surface area is 173 Å². The van der Waals surface area contributed by atoms with E-state index >= 15 is 0 Å². The SMILES string of the molecule is COc1ncccc1C(=O)N1CCC(c2cc(C(=O)NCc3ccco3)n[nH]2)CC1. The number of H-pyrrole nitrogens is 1. The van der Waals surface area contributed by atoms with E-state index < -0.39 is 0 Å². The number of nitrogens with zero attached hydrogens (tertiary/aromatic N) is 3. The fourth-order valence-corrected chi connectivity index (χ4v) is 3.61. The van der Waals surface area contributed by atoms with Gasteiger partial charge in [-0.1, -0.05) is 0 Å². The molecule has 0 radical (unpaired) electrons. The highest BCUT2D eigenvalue weighted by atomic mass is 16.5. The summed E-state index contributed by atoms with van der Waals surface area (Å²) in [5.41, 5.74) is 1.72. The van der Waals surface area contributed by atoms with Gasteiger partial charge >= 0.3 is 0 Å². The molecule has 2 amide bonds. The first-order valence-corrected chi connectivity index (χ1v) is 9.80. The third-order valence-corrected chi connectivity index (χ3v) is 5.25. The summed E-state index contributed by atoms with van der Waals surface area (Å²) in [5, 5.41) is 9.90. The van der Waals surface area contributed by atoms with Gasteiger partial charge in [-0.05, 0) is 43.2 Å². The van der Waals surface area contributed by atoms with E-state index in [0.717, 1.165) is 18.5 Å². The van der Waals surface area contributed by atoms with Crippen LogP contribution in [0.4, 0.5) is 0 Å². The first-order chi connectivity index (χ1) is 14.7. The van der Waals surface area contributed by atoms with Gasteiger partial charge in [0.25, 0.3) is 11.8 Å². The second kappa shape index (κ2) is 8.81. The van der Waals surface area contributed by atoms with Crippen molar-refractivity contribution in [3.63, 3.8) is 0 Å². The summed E-state index contributed by atoms with van der Waals surface area (Å²) in [6.07, 6.45) is 4.73. The van der Waals surface area contributed by atoms with Gasteiger partial charge in [-0.15, -0.1) is 0 Å². The van der Waals surface area contributed by atoms with Crippen LogP contribution in [0.25, 0.3) is 0 Å². The molecule has 0 saturated carbocycles. The smallest absolute Gasteiger partial charge is 0.272 e. The van der Waals surface area contributed by atoms with E-state index in [1.807, 2.05) is 4.90 Å². The van der Waals surface area contributed by atoms with Crippen LogP contribution >= 0.6 is 0 Å². The zero-order valence-electron chi connectivity index (χ0n) is 16.6. The van der Waals surface area contributed by atoms with Crippen LogP contribution in [0.5, 0.6) is 5.88 Å². The predicted molar refractivity (Wildman–Crippen MR) is 107 cm³/mol. The van der Waals surface area contributed by atoms with Crippen LogP contribution in [0.1, 0.15) is 51.1 Å². The van der Waals surface area contributed by atoms with Gasteiger partial charge in [-0.3, -0.25) is 14.7 Å². The number of hydrogen-bond acceptors (Lipinski definition) is 6. The second-order valence-corrected chi connectivity index (χ2v) is 7.10. The minimum Gasteiger partial charge on any atom is -0.480 e. The number of amides is 2. The summed E-state index contributed by atoms with van der Waals surface area (Å²) in [6, 6.07) is 8.81. The van der Waals surface area contributed by atoms with E-state index in [9.17, 15) is 9.59 Å². The van der Waals surface area contributed by atoms with Crippen molar-refractivity contribution in [2.45, 2.75) is 25.3 Å². The van der Waals surface area contributed by atoms with Crippen LogP contribution in [0.2, 0.25) is 0 Å². The summed E-state index contributed by atoms with van der Waals surface area (Å²) >= 11 is 0. The molecule has 0 aliphatic carbocycles. The molecule has 30 heavy (non-hydrogen) atoms. The lowest BCUT2D eigenvalue weighted by atomic mass is 9.93. The third-order valence-electron chi connectivity index (χ3n) is 5.25. The Bertz CT molecular complexity index is 1010. The maximum absolute atomic E-state index is 12.8. The Morgan fingerprint density at radius 1 is 1.30 bits per heavy atom. The Morgan fingerprint density at radius 2 is 2.13 bits per heavy atom. The molecule has 0 aromatic carbocycles. The molecule has 2 N–H and O–H groups in total. The number of nitrogens with one attached hydrogen (secondary N) is 2. The standard InChI is InChI=1S/C21H23N5O4/c1-29-20-16(5-2-8-22-20)21(28)26-9-6-14(7-10-26)17-12-18(25-24-17)19(27)23-13-15-4-3-11-30-15/h2-5,8,11-12,14H,6-7,9-10,13H2,1H3,(H,23,27)(H,24,25). The quantitative estimate of drug-likeness (QED) is 0.646. The van der Waals surface area contributed by atoms with E-state index in [1.54, 1.807) is 42.8 Å². The highest BCUT2D eigenvalue weighted by molar-refractivity contribution is 5.96. The zero-order chi connectivity index (χ0) is 20.9. The molecule has 3 aromatic heterocycles. The lowest BCUT2D eigenvalue weighted by Crippen LogP contribution is -2.38. The fourth-order valence-electron chi connectivity index (χ4n) is 3.61. The number of methoxy groups -OCH3 is 1. The topological polar surface area (TPSA) is 113 Å². The summed E-state index contributed by atoms with van der Waals surface area (Å²) < 4.78 is 10.4. The number of aromatic nitrogens is 3. The van der Waals surface area contributed by atoms with E-state index in [0.29, 0.717) is 42.5 Å². The average molecular weight is 409 g/mol. The van der Waals surface area contributed by atoms with Crippen molar-refractivity contribution in [2.24, 2.45) is 0 Å². The predicted octanol–water partition coefficient (Wildman–Crippen LogP) is 2.36. The van der Waals surface area contributed by atoms with E-state index in [2.05, 4.69) is 20.5 Å². The van der Waals surface area contributed by atoms with Gasteiger partial charge in [0.15, 0.2) is 0 Å². The lowest BCUT2D eigenvalue weighted by Gasteiger charge is -2.31. The molecule has 9 heteroatoms. The highest BCUT2D eigenvalue weighted by Gasteiger charge is 2.27. The Balaban J connectivity index is 1.33. The van der Waals surface area contributed by atoms with E-state index in [4.69, 9.17) is 9.15 Å². The van der Waals surface area contributed by atoms with Crippen molar-refractivity contribution in [1.29, 1.82) is 0 Å². The Hall–Kier alpha value is -3.62. The maximum atomic E-state index is 12.8. The molecule has 1 fully saturated rings. The van der Waals surface area contributed by atoms with Crippen LogP contribution in [0.3, 0.4) is 0 Å². The minimum atomic E-state index is -0.259. The number of carbonyl (C=O) groups is 2. The molecule has 3 aromatic rings. The molecular formula is C21H23N5O4. The number of likely N-dealkylation sites (tertiary alicyclic amines) is 1. The summed E-state index contributed by atoms with van der Waals surface area (Å²) in [6.45, 7) is 1.54. The number of rotatable bonds is 6. The fraction of sp³-hybridized carbons (Fsp3) is 0.333. The Morgan fingerprint density at radius 3 is 2.87 bits per heavy atom. The number of pyridine rings is 1. The normalized spacial score (nSPS) is 14.5. The van der Waals surface area contributed by atoms with Crippen molar-refractivity contribution < 1.29 is 18.7 Å². The molecule has 1 aliphatic rings. The molecule has 4 heterocycles. The van der Waals surface area contributed by atoms with Gasteiger partial charge in [-0.2, -0.15) is 5.10 Å². The van der Waals surface area contributed by atoms with E-state index in [1.165, 1.54) is 7.11 Å². The molecule has 4 rings (SSSR count). The zero-order valence-corrected chi connectivity index (χ0v) is 16.6. The van der Waals surface area contributed by atoms with Crippen molar-refractivity contribution in [2.75, 3.05) is 20.2 Å². The number of furan rings is 1. The molecule has 0 spiro atoms. The van der Waals surface area contributed by atoms with Gasteiger partial charge in [-0.25, -0.2) is 4.98 Å². The first kappa shape index (κ1) is 19.7. The van der Waals surface area contributed by atoms with Gasteiger partial charge in [0.2, 0.25) is 5.88 Å². The Kier molecular flexibility index (Phi) is 5.78. The highest BCUT2D eigenvalue weighted by Crippen LogP contribution is 2.28. The van der Waals surface area contributed by atoms with Crippen LogP contribution in [0, 0.1) is 0 Å². The number of aromatic amines is 1. The molecule has 9 nitrogen and oxygen atoms in total. The molecule has 0 atom stereocenters. The van der Waals surface area contributed by atoms with Crippen molar-refractivity contribution >= 4 is 11.8 Å². The molecular weight excluding hydrogens is 386 g/mol. The molecule has 1 saturated heterocycles. The minimum absolute atomic E-state index is 0.0824. The second-order valence-electron chi connectivity index (χ2n) is 7.10. The van der Waals surface area contributed by atoms with Crippen LogP contribution < -0.4 is 10.1 Å². The van der Waals surface area contributed by atoms with Crippen LogP contribution in [0.15, 0.2) is 47.2 Å². The molecule has 0 unspecified atom stereocenters. The van der Waals surface area contributed by atoms with E-state index in [-0.39, 0.29) is 17.7 Å². The number of piperidine rings is 1. The lowest BCUT2D eigenvalue weighted by molar-refractivity contribution is 0.0707. The number of ether oxygens (including phenoxy) is 1. The average Bonchev–Trinajstić information content (AvgIpc) is 3.49. The maximum Gasteiger partial charge on any atom is 0.272 e. The van der Waals surface area contributed by atoms with Gasteiger partial charge in [0, 0.05) is 30.9 Å². The summed E-state index contributed by atoms with van der Waals surface area (Å²) in [7, 11) is 1.51. The molecule has 156 valence electrons. The largest absolute Gasteiger partial charge is 0.480 e. The molecule has 1 aliphatic heterocycles. The van der Waals surface area contributed by atoms with Gasteiger partial charge in [0.05, 0.1) is 19.9 Å². The van der Waals surface area contributed by atoms with Gasteiger partial charge < -0.3 is 19.4 Å². The van der Waals surface area contributed by atoms with Crippen molar-refractivity contribution in [3.05, 3.63) is 65.5 Å². The summed E-state index contributed by atoms with van der Waals surface area (Å²) in [5.74, 6) is 0.889. The monoisotopic (exact) mass is 409 g/mol.